The van der Waals surface area contributed by atoms with E-state index < -0.39 is 0 Å². The minimum absolute atomic E-state index is 0.175. The van der Waals surface area contributed by atoms with Crippen LogP contribution in [0.5, 0.6) is 0 Å². The van der Waals surface area contributed by atoms with Crippen LogP contribution >= 0.6 is 0 Å². The van der Waals surface area contributed by atoms with Gasteiger partial charge in [0.05, 0.1) is 5.69 Å². The number of rotatable bonds is 6. The molecule has 118 valence electrons. The van der Waals surface area contributed by atoms with E-state index in [4.69, 9.17) is 4.52 Å². The monoisotopic (exact) mass is 301 g/mol. The minimum atomic E-state index is -0.175. The lowest BCUT2D eigenvalue weighted by Crippen LogP contribution is -2.21. The van der Waals surface area contributed by atoms with E-state index in [0.717, 1.165) is 24.5 Å². The molecule has 5 heteroatoms. The number of anilines is 2. The molecular formula is C17H23N3O2. The lowest BCUT2D eigenvalue weighted by Gasteiger charge is -2.21. The number of nitrogens with one attached hydrogen (secondary N) is 1. The molecule has 0 saturated carbocycles. The Morgan fingerprint density at radius 3 is 2.36 bits per heavy atom. The molecule has 0 spiro atoms. The van der Waals surface area contributed by atoms with Crippen molar-refractivity contribution in [3.63, 3.8) is 0 Å². The maximum Gasteiger partial charge on any atom is 0.261 e. The molecule has 2 aromatic rings. The van der Waals surface area contributed by atoms with E-state index in [9.17, 15) is 4.79 Å². The average Bonchev–Trinajstić information content (AvgIpc) is 2.91. The molecule has 1 aromatic carbocycles. The molecule has 0 bridgehead atoms. The minimum Gasteiger partial charge on any atom is -0.372 e. The Bertz CT molecular complexity index is 628. The molecular weight excluding hydrogens is 278 g/mol. The number of aryl methyl sites for hydroxylation is 2. The van der Waals surface area contributed by atoms with Crippen molar-refractivity contribution < 1.29 is 9.32 Å². The summed E-state index contributed by atoms with van der Waals surface area (Å²) in [5.41, 5.74) is 3.15. The summed E-state index contributed by atoms with van der Waals surface area (Å²) >= 11 is 0. The summed E-state index contributed by atoms with van der Waals surface area (Å²) in [6.07, 6.45) is 0.668. The van der Waals surface area contributed by atoms with Crippen molar-refractivity contribution in [3.05, 3.63) is 41.3 Å². The van der Waals surface area contributed by atoms with Crippen LogP contribution in [0.3, 0.4) is 0 Å². The van der Waals surface area contributed by atoms with Crippen molar-refractivity contribution in [1.29, 1.82) is 0 Å². The van der Waals surface area contributed by atoms with Gasteiger partial charge in [-0.3, -0.25) is 4.79 Å². The van der Waals surface area contributed by atoms with Crippen LogP contribution in [0.25, 0.3) is 0 Å². The standard InChI is InChI=1S/C17H23N3O2/c1-5-15-16(12(4)22-19-15)17(21)18-13-8-10-14(11-9-13)20(6-2)7-3/h8-11H,5-7H2,1-4H3,(H,18,21). The summed E-state index contributed by atoms with van der Waals surface area (Å²) < 4.78 is 5.11. The quantitative estimate of drug-likeness (QED) is 0.885. The van der Waals surface area contributed by atoms with Gasteiger partial charge >= 0.3 is 0 Å². The van der Waals surface area contributed by atoms with Crippen LogP contribution in [0, 0.1) is 6.92 Å². The topological polar surface area (TPSA) is 58.4 Å². The molecule has 0 aliphatic carbocycles. The van der Waals surface area contributed by atoms with Crippen molar-refractivity contribution in [2.75, 3.05) is 23.3 Å². The SMILES string of the molecule is CCc1noc(C)c1C(=O)Nc1ccc(N(CC)CC)cc1. The van der Waals surface area contributed by atoms with Gasteiger partial charge in [-0.2, -0.15) is 0 Å². The van der Waals surface area contributed by atoms with Gasteiger partial charge in [-0.05, 0) is 51.5 Å². The molecule has 0 aliphatic heterocycles. The first kappa shape index (κ1) is 16.1. The summed E-state index contributed by atoms with van der Waals surface area (Å²) in [6.45, 7) is 9.88. The number of carbonyl (C=O) groups excluding carboxylic acids is 1. The zero-order chi connectivity index (χ0) is 16.1. The number of amides is 1. The Morgan fingerprint density at radius 2 is 1.82 bits per heavy atom. The van der Waals surface area contributed by atoms with E-state index in [1.54, 1.807) is 6.92 Å². The number of carbonyl (C=O) groups is 1. The Labute approximate surface area is 131 Å². The van der Waals surface area contributed by atoms with Gasteiger partial charge in [-0.1, -0.05) is 12.1 Å². The van der Waals surface area contributed by atoms with Gasteiger partial charge in [0.2, 0.25) is 0 Å². The molecule has 0 saturated heterocycles. The maximum absolute atomic E-state index is 12.4. The van der Waals surface area contributed by atoms with Crippen molar-refractivity contribution in [2.24, 2.45) is 0 Å². The van der Waals surface area contributed by atoms with Crippen molar-refractivity contribution in [2.45, 2.75) is 34.1 Å². The summed E-state index contributed by atoms with van der Waals surface area (Å²) in [6, 6.07) is 7.87. The Balaban J connectivity index is 2.13. The molecule has 1 N–H and O–H groups in total. The van der Waals surface area contributed by atoms with Crippen LogP contribution in [0.4, 0.5) is 11.4 Å². The highest BCUT2D eigenvalue weighted by Crippen LogP contribution is 2.20. The Hall–Kier alpha value is -2.30. The summed E-state index contributed by atoms with van der Waals surface area (Å²) in [7, 11) is 0. The lowest BCUT2D eigenvalue weighted by atomic mass is 10.1. The highest BCUT2D eigenvalue weighted by Gasteiger charge is 2.19. The van der Waals surface area contributed by atoms with Gasteiger partial charge in [0.1, 0.15) is 11.3 Å². The molecule has 1 aromatic heterocycles. The van der Waals surface area contributed by atoms with Gasteiger partial charge in [0.25, 0.3) is 5.91 Å². The molecule has 0 fully saturated rings. The fourth-order valence-electron chi connectivity index (χ4n) is 2.49. The second kappa shape index (κ2) is 7.11. The molecule has 0 unspecified atom stereocenters. The van der Waals surface area contributed by atoms with Crippen LogP contribution in [0.2, 0.25) is 0 Å². The molecule has 22 heavy (non-hydrogen) atoms. The number of hydrogen-bond donors (Lipinski definition) is 1. The van der Waals surface area contributed by atoms with Crippen molar-refractivity contribution >= 4 is 17.3 Å². The van der Waals surface area contributed by atoms with Gasteiger partial charge in [0, 0.05) is 24.5 Å². The number of benzene rings is 1. The van der Waals surface area contributed by atoms with Gasteiger partial charge in [-0.15, -0.1) is 0 Å². The van der Waals surface area contributed by atoms with Gasteiger partial charge in [0.15, 0.2) is 0 Å². The lowest BCUT2D eigenvalue weighted by molar-refractivity contribution is 0.102. The average molecular weight is 301 g/mol. The molecule has 0 aliphatic rings. The van der Waals surface area contributed by atoms with Gasteiger partial charge in [-0.25, -0.2) is 0 Å². The first-order valence-corrected chi connectivity index (χ1v) is 7.72. The molecule has 1 heterocycles. The van der Waals surface area contributed by atoms with Crippen molar-refractivity contribution in [3.8, 4) is 0 Å². The predicted molar refractivity (Wildman–Crippen MR) is 88.6 cm³/mol. The van der Waals surface area contributed by atoms with Crippen LogP contribution in [-0.2, 0) is 6.42 Å². The summed E-state index contributed by atoms with van der Waals surface area (Å²) in [4.78, 5) is 14.6. The molecule has 0 radical (unpaired) electrons. The maximum atomic E-state index is 12.4. The molecule has 2 rings (SSSR count). The van der Waals surface area contributed by atoms with Gasteiger partial charge < -0.3 is 14.7 Å². The number of nitrogens with zero attached hydrogens (tertiary/aromatic N) is 2. The van der Waals surface area contributed by atoms with Crippen LogP contribution in [-0.4, -0.2) is 24.2 Å². The fraction of sp³-hybridized carbons (Fsp3) is 0.412. The number of hydrogen-bond acceptors (Lipinski definition) is 4. The highest BCUT2D eigenvalue weighted by molar-refractivity contribution is 6.05. The van der Waals surface area contributed by atoms with E-state index in [-0.39, 0.29) is 5.91 Å². The zero-order valence-corrected chi connectivity index (χ0v) is 13.6. The number of aromatic nitrogens is 1. The normalized spacial score (nSPS) is 10.5. The third-order valence-corrected chi connectivity index (χ3v) is 3.75. The molecule has 1 amide bonds. The molecule has 0 atom stereocenters. The van der Waals surface area contributed by atoms with E-state index in [1.165, 1.54) is 0 Å². The highest BCUT2D eigenvalue weighted by atomic mass is 16.5. The summed E-state index contributed by atoms with van der Waals surface area (Å²) in [5, 5.41) is 6.82. The fourth-order valence-corrected chi connectivity index (χ4v) is 2.49. The third-order valence-electron chi connectivity index (χ3n) is 3.75. The van der Waals surface area contributed by atoms with Crippen LogP contribution in [0.15, 0.2) is 28.8 Å². The smallest absolute Gasteiger partial charge is 0.261 e. The summed E-state index contributed by atoms with van der Waals surface area (Å²) in [5.74, 6) is 0.375. The van der Waals surface area contributed by atoms with E-state index in [1.807, 2.05) is 31.2 Å². The van der Waals surface area contributed by atoms with Crippen LogP contribution < -0.4 is 10.2 Å². The van der Waals surface area contributed by atoms with Crippen LogP contribution in [0.1, 0.15) is 42.6 Å². The third kappa shape index (κ3) is 3.30. The zero-order valence-electron chi connectivity index (χ0n) is 13.6. The van der Waals surface area contributed by atoms with E-state index in [2.05, 4.69) is 29.2 Å². The second-order valence-corrected chi connectivity index (χ2v) is 5.09. The van der Waals surface area contributed by atoms with Crippen molar-refractivity contribution in [1.82, 2.24) is 5.16 Å². The first-order valence-electron chi connectivity index (χ1n) is 7.72. The molecule has 5 nitrogen and oxygen atoms in total. The second-order valence-electron chi connectivity index (χ2n) is 5.09. The Morgan fingerprint density at radius 1 is 1.18 bits per heavy atom. The van der Waals surface area contributed by atoms with E-state index in [0.29, 0.717) is 23.4 Å². The Kier molecular flexibility index (Phi) is 5.20. The first-order chi connectivity index (χ1) is 10.6. The predicted octanol–water partition coefficient (Wildman–Crippen LogP) is 3.64. The van der Waals surface area contributed by atoms with E-state index >= 15 is 0 Å². The largest absolute Gasteiger partial charge is 0.372 e.